The molecule has 2 N–H and O–H groups in total. The normalized spacial score (nSPS) is 23.3. The predicted molar refractivity (Wildman–Crippen MR) is 153 cm³/mol. The molecule has 3 aliphatic rings. The first-order valence-electron chi connectivity index (χ1n) is 13.1. The number of carbonyl (C=O) groups excluding carboxylic acids is 2. The molecule has 0 aromatic heterocycles. The summed E-state index contributed by atoms with van der Waals surface area (Å²) in [6.45, 7) is 0.784. The summed E-state index contributed by atoms with van der Waals surface area (Å²) in [6.07, 6.45) is 7.84. The van der Waals surface area contributed by atoms with Crippen LogP contribution in [-0.4, -0.2) is 60.8 Å². The number of methoxy groups -OCH3 is 2. The van der Waals surface area contributed by atoms with E-state index in [1.165, 1.54) is 0 Å². The molecule has 5 rings (SSSR count). The number of Topliss-reactive ketones (excluding diaryl/α,β-unsaturated/α-hetero) is 1. The summed E-state index contributed by atoms with van der Waals surface area (Å²) in [5, 5.41) is 7.11. The van der Waals surface area contributed by atoms with Gasteiger partial charge in [0.05, 0.1) is 48.1 Å². The molecule has 1 amide bonds. The molecule has 1 unspecified atom stereocenters. The molecule has 1 saturated heterocycles. The highest BCUT2D eigenvalue weighted by atomic mass is 35.5. The number of rotatable bonds is 7. The number of amides is 1. The number of nitrogens with two attached hydrogens (primary N) is 1. The fourth-order valence-corrected chi connectivity index (χ4v) is 6.22. The van der Waals surface area contributed by atoms with E-state index in [-0.39, 0.29) is 52.0 Å². The van der Waals surface area contributed by atoms with Gasteiger partial charge in [0.2, 0.25) is 5.91 Å². The van der Waals surface area contributed by atoms with E-state index in [0.717, 1.165) is 37.0 Å². The Labute approximate surface area is 238 Å². The molecule has 39 heavy (non-hydrogen) atoms. The van der Waals surface area contributed by atoms with Crippen LogP contribution in [0, 0.1) is 11.8 Å². The summed E-state index contributed by atoms with van der Waals surface area (Å²) < 4.78 is 11.0. The van der Waals surface area contributed by atoms with Gasteiger partial charge in [0.15, 0.2) is 17.3 Å². The van der Waals surface area contributed by atoms with Crippen molar-refractivity contribution in [2.75, 3.05) is 33.0 Å². The zero-order chi connectivity index (χ0) is 27.7. The first-order valence-corrected chi connectivity index (χ1v) is 13.9. The van der Waals surface area contributed by atoms with Crippen LogP contribution in [0.3, 0.4) is 0 Å². The summed E-state index contributed by atoms with van der Waals surface area (Å²) in [5.74, 6) is 0.842. The van der Waals surface area contributed by atoms with Crippen molar-refractivity contribution in [3.63, 3.8) is 0 Å². The Hall–Kier alpha value is -3.07. The molecule has 1 aliphatic carbocycles. The van der Waals surface area contributed by atoms with Crippen LogP contribution < -0.4 is 15.2 Å². The number of hydrogen-bond donors (Lipinski definition) is 1. The van der Waals surface area contributed by atoms with Crippen molar-refractivity contribution in [1.29, 1.82) is 0 Å². The second kappa shape index (κ2) is 11.6. The first kappa shape index (κ1) is 27.5. The minimum absolute atomic E-state index is 0.00324. The number of ether oxygens (including phenoxy) is 2. The van der Waals surface area contributed by atoms with E-state index < -0.39 is 0 Å². The average Bonchev–Trinajstić information content (AvgIpc) is 2.96. The van der Waals surface area contributed by atoms with E-state index in [1.54, 1.807) is 31.4 Å². The molecule has 0 saturated carbocycles. The minimum Gasteiger partial charge on any atom is -0.493 e. The van der Waals surface area contributed by atoms with Gasteiger partial charge in [-0.2, -0.15) is 5.10 Å². The Morgan fingerprint density at radius 2 is 1.72 bits per heavy atom. The molecule has 2 heterocycles. The minimum atomic E-state index is -0.336. The number of anilines is 1. The maximum atomic E-state index is 13.9. The first-order chi connectivity index (χ1) is 18.8. The number of ketones is 1. The van der Waals surface area contributed by atoms with Crippen LogP contribution >= 0.6 is 23.2 Å². The Morgan fingerprint density at radius 3 is 2.41 bits per heavy atom. The zero-order valence-electron chi connectivity index (χ0n) is 22.0. The van der Waals surface area contributed by atoms with Crippen LogP contribution in [0.25, 0.3) is 0 Å². The van der Waals surface area contributed by atoms with Crippen molar-refractivity contribution < 1.29 is 19.1 Å². The lowest BCUT2D eigenvalue weighted by molar-refractivity contribution is -0.146. The summed E-state index contributed by atoms with van der Waals surface area (Å²) in [4.78, 5) is 29.2. The van der Waals surface area contributed by atoms with Gasteiger partial charge in [-0.25, -0.2) is 5.01 Å². The third kappa shape index (κ3) is 5.38. The van der Waals surface area contributed by atoms with Crippen LogP contribution in [0.15, 0.2) is 47.6 Å². The summed E-state index contributed by atoms with van der Waals surface area (Å²) in [5.41, 5.74) is 8.23. The Balaban J connectivity index is 1.48. The van der Waals surface area contributed by atoms with E-state index in [9.17, 15) is 9.59 Å². The Kier molecular flexibility index (Phi) is 8.16. The van der Waals surface area contributed by atoms with Gasteiger partial charge in [0.1, 0.15) is 6.17 Å². The van der Waals surface area contributed by atoms with Gasteiger partial charge in [0, 0.05) is 23.6 Å². The number of piperidine rings is 1. The number of benzene rings is 2. The highest BCUT2D eigenvalue weighted by Crippen LogP contribution is 2.39. The van der Waals surface area contributed by atoms with Gasteiger partial charge < -0.3 is 15.2 Å². The summed E-state index contributed by atoms with van der Waals surface area (Å²) in [7, 11) is 3.20. The third-order valence-electron chi connectivity index (χ3n) is 7.83. The number of halogens is 2. The van der Waals surface area contributed by atoms with Crippen LogP contribution in [-0.2, 0) is 4.79 Å². The highest BCUT2D eigenvalue weighted by molar-refractivity contribution is 6.39. The lowest BCUT2D eigenvalue weighted by Crippen LogP contribution is -2.57. The van der Waals surface area contributed by atoms with Gasteiger partial charge >= 0.3 is 0 Å². The molecule has 10 heteroatoms. The number of nitrogens with zero attached hydrogens (tertiary/aromatic N) is 3. The lowest BCUT2D eigenvalue weighted by atomic mass is 9.76. The van der Waals surface area contributed by atoms with Crippen molar-refractivity contribution in [2.24, 2.45) is 16.9 Å². The van der Waals surface area contributed by atoms with Crippen molar-refractivity contribution in [3.05, 3.63) is 63.7 Å². The Bertz CT molecular complexity index is 1320. The van der Waals surface area contributed by atoms with Crippen molar-refractivity contribution in [3.8, 4) is 11.5 Å². The van der Waals surface area contributed by atoms with Crippen molar-refractivity contribution in [2.45, 2.75) is 38.3 Å². The molecule has 2 aromatic carbocycles. The number of likely N-dealkylation sites (tertiary alicyclic amines) is 1. The highest BCUT2D eigenvalue weighted by Gasteiger charge is 2.44. The standard InChI is InChI=1S/C29H32Cl2N4O4/c1-38-24-11-10-17(15-25(24)39-2)28-19-7-3-4-8-20(19)29(37)35(33-28)26-9-5-6-12-34(26)16-23(36)18-13-21(30)27(32)22(31)14-18/h3-4,10-11,13-15,19-20,26H,5-9,12,16,32H2,1-2H3/t19-,20+,26?/m0/s1. The second-order valence-electron chi connectivity index (χ2n) is 10.1. The predicted octanol–water partition coefficient (Wildman–Crippen LogP) is 5.42. The molecule has 3 atom stereocenters. The van der Waals surface area contributed by atoms with E-state index in [1.807, 2.05) is 23.1 Å². The van der Waals surface area contributed by atoms with Gasteiger partial charge in [-0.1, -0.05) is 35.4 Å². The Morgan fingerprint density at radius 1 is 1.03 bits per heavy atom. The summed E-state index contributed by atoms with van der Waals surface area (Å²) in [6, 6.07) is 8.82. The molecular weight excluding hydrogens is 539 g/mol. The largest absolute Gasteiger partial charge is 0.493 e. The van der Waals surface area contributed by atoms with E-state index in [2.05, 4.69) is 12.2 Å². The van der Waals surface area contributed by atoms with Crippen LogP contribution in [0.5, 0.6) is 11.5 Å². The average molecular weight is 572 g/mol. The molecule has 1 fully saturated rings. The van der Waals surface area contributed by atoms with Crippen LogP contribution in [0.1, 0.15) is 48.0 Å². The van der Waals surface area contributed by atoms with E-state index in [0.29, 0.717) is 30.0 Å². The van der Waals surface area contributed by atoms with E-state index in [4.69, 9.17) is 43.5 Å². The van der Waals surface area contributed by atoms with Gasteiger partial charge in [-0.3, -0.25) is 14.5 Å². The fraction of sp³-hybridized carbons (Fsp3) is 0.414. The molecular formula is C29H32Cl2N4O4. The number of carbonyl (C=O) groups is 2. The van der Waals surface area contributed by atoms with Gasteiger partial charge in [-0.05, 0) is 62.4 Å². The van der Waals surface area contributed by atoms with Crippen molar-refractivity contribution >= 4 is 46.3 Å². The van der Waals surface area contributed by atoms with E-state index >= 15 is 0 Å². The smallest absolute Gasteiger partial charge is 0.248 e. The third-order valence-corrected chi connectivity index (χ3v) is 8.46. The fourth-order valence-electron chi connectivity index (χ4n) is 5.74. The van der Waals surface area contributed by atoms with Crippen LogP contribution in [0.2, 0.25) is 10.0 Å². The molecule has 2 aliphatic heterocycles. The number of allylic oxidation sites excluding steroid dienone is 2. The number of hydrogen-bond acceptors (Lipinski definition) is 7. The number of hydrazone groups is 1. The summed E-state index contributed by atoms with van der Waals surface area (Å²) >= 11 is 12.4. The zero-order valence-corrected chi connectivity index (χ0v) is 23.5. The molecule has 8 nitrogen and oxygen atoms in total. The van der Waals surface area contributed by atoms with Crippen LogP contribution in [0.4, 0.5) is 5.69 Å². The molecule has 0 bridgehead atoms. The quantitative estimate of drug-likeness (QED) is 0.271. The molecule has 0 spiro atoms. The van der Waals surface area contributed by atoms with Crippen molar-refractivity contribution in [1.82, 2.24) is 9.91 Å². The maximum absolute atomic E-state index is 13.9. The maximum Gasteiger partial charge on any atom is 0.248 e. The molecule has 206 valence electrons. The SMILES string of the molecule is COc1ccc(C2=NN(C3CCCCN3CC(=O)c3cc(Cl)c(N)c(Cl)c3)C(=O)[C@@H]3CC=CC[C@H]23)cc1OC. The number of fused-ring (bicyclic) bond motifs is 1. The molecule has 2 aromatic rings. The lowest BCUT2D eigenvalue weighted by Gasteiger charge is -2.45. The second-order valence-corrected chi connectivity index (χ2v) is 10.9. The number of nitrogen functional groups attached to an aromatic ring is 1. The van der Waals surface area contributed by atoms with Gasteiger partial charge in [0.25, 0.3) is 0 Å². The van der Waals surface area contributed by atoms with Gasteiger partial charge in [-0.15, -0.1) is 0 Å². The monoisotopic (exact) mass is 570 g/mol. The molecule has 0 radical (unpaired) electrons. The topological polar surface area (TPSA) is 97.5 Å².